The number of thiazole rings is 1. The molecule has 0 radical (unpaired) electrons. The Morgan fingerprint density at radius 3 is 2.81 bits per heavy atom. The topological polar surface area (TPSA) is 31.9 Å². The van der Waals surface area contributed by atoms with Gasteiger partial charge >= 0.3 is 0 Å². The fraction of sp³-hybridized carbons (Fsp3) is 0.227. The highest BCUT2D eigenvalue weighted by Gasteiger charge is 2.31. The van der Waals surface area contributed by atoms with Crippen molar-refractivity contribution >= 4 is 34.0 Å². The maximum atomic E-state index is 4.53. The molecule has 0 saturated heterocycles. The average Bonchev–Trinajstić information content (AvgIpc) is 3.35. The van der Waals surface area contributed by atoms with Crippen LogP contribution in [0.15, 0.2) is 65.0 Å². The summed E-state index contributed by atoms with van der Waals surface area (Å²) < 4.78 is 0. The molecule has 5 heteroatoms. The molecule has 0 spiro atoms. The van der Waals surface area contributed by atoms with Crippen LogP contribution < -0.4 is 0 Å². The van der Waals surface area contributed by atoms with Gasteiger partial charge in [-0.15, -0.1) is 23.1 Å². The first-order valence-corrected chi connectivity index (χ1v) is 11.3. The van der Waals surface area contributed by atoms with Crippen LogP contribution >= 0.6 is 23.1 Å². The van der Waals surface area contributed by atoms with Gasteiger partial charge in [0.05, 0.1) is 12.6 Å². The monoisotopic (exact) mass is 391 g/mol. The zero-order chi connectivity index (χ0) is 18.2. The average molecular weight is 392 g/mol. The van der Waals surface area contributed by atoms with Gasteiger partial charge in [-0.25, -0.2) is 4.98 Å². The number of hydrogen-bond donors (Lipinski definition) is 1. The van der Waals surface area contributed by atoms with Crippen molar-refractivity contribution in [1.29, 1.82) is 0 Å². The number of rotatable bonds is 4. The van der Waals surface area contributed by atoms with Crippen LogP contribution in [0.2, 0.25) is 0 Å². The molecule has 0 fully saturated rings. The molecule has 1 N–H and O–H groups in total. The number of fused-ring (bicyclic) bond motifs is 3. The van der Waals surface area contributed by atoms with Gasteiger partial charge in [0.25, 0.3) is 0 Å². The van der Waals surface area contributed by atoms with E-state index in [0.29, 0.717) is 0 Å². The first-order valence-electron chi connectivity index (χ1n) is 9.19. The number of hydrogen-bond acceptors (Lipinski definition) is 4. The quantitative estimate of drug-likeness (QED) is 0.467. The van der Waals surface area contributed by atoms with Crippen LogP contribution in [-0.2, 0) is 13.0 Å². The van der Waals surface area contributed by atoms with Crippen LogP contribution in [-0.4, -0.2) is 27.7 Å². The van der Waals surface area contributed by atoms with Gasteiger partial charge in [-0.3, -0.25) is 4.90 Å². The second-order valence-corrected chi connectivity index (χ2v) is 8.74. The third kappa shape index (κ3) is 3.10. The number of H-pyrrole nitrogens is 1. The minimum absolute atomic E-state index is 0.237. The Hall–Kier alpha value is -2.08. The number of benzene rings is 2. The maximum absolute atomic E-state index is 4.53. The lowest BCUT2D eigenvalue weighted by Crippen LogP contribution is -2.35. The SMILES string of the molecule is CSc1ccc(C2c3[nH]c4ccccc4c3CCN2Cc2nccs2)cc1. The summed E-state index contributed by atoms with van der Waals surface area (Å²) in [6, 6.07) is 18.0. The zero-order valence-corrected chi connectivity index (χ0v) is 16.8. The number of thioether (sulfide) groups is 1. The van der Waals surface area contributed by atoms with E-state index in [9.17, 15) is 0 Å². The van der Waals surface area contributed by atoms with E-state index in [-0.39, 0.29) is 6.04 Å². The summed E-state index contributed by atoms with van der Waals surface area (Å²) in [6.45, 7) is 1.94. The zero-order valence-electron chi connectivity index (χ0n) is 15.2. The van der Waals surface area contributed by atoms with Crippen LogP contribution in [0.5, 0.6) is 0 Å². The molecule has 3 heterocycles. The normalized spacial score (nSPS) is 17.3. The van der Waals surface area contributed by atoms with E-state index < -0.39 is 0 Å². The first kappa shape index (κ1) is 17.0. The summed E-state index contributed by atoms with van der Waals surface area (Å²) in [5, 5.41) is 4.61. The van der Waals surface area contributed by atoms with Crippen LogP contribution in [0.3, 0.4) is 0 Å². The molecule has 2 aromatic carbocycles. The Morgan fingerprint density at radius 2 is 2.04 bits per heavy atom. The minimum atomic E-state index is 0.237. The molecule has 5 rings (SSSR count). The third-order valence-electron chi connectivity index (χ3n) is 5.39. The largest absolute Gasteiger partial charge is 0.357 e. The van der Waals surface area contributed by atoms with Crippen LogP contribution in [0.25, 0.3) is 10.9 Å². The van der Waals surface area contributed by atoms with E-state index in [2.05, 4.69) is 75.0 Å². The van der Waals surface area contributed by atoms with E-state index in [1.807, 2.05) is 6.20 Å². The highest BCUT2D eigenvalue weighted by Crippen LogP contribution is 2.39. The molecule has 1 atom stereocenters. The van der Waals surface area contributed by atoms with Gasteiger partial charge in [-0.2, -0.15) is 0 Å². The molecule has 0 bridgehead atoms. The van der Waals surface area contributed by atoms with E-state index in [4.69, 9.17) is 0 Å². The molecule has 0 amide bonds. The number of nitrogens with one attached hydrogen (secondary N) is 1. The van der Waals surface area contributed by atoms with Gasteiger partial charge in [0, 0.05) is 39.6 Å². The Bertz CT molecular complexity index is 1050. The van der Waals surface area contributed by atoms with Crippen molar-refractivity contribution in [3.63, 3.8) is 0 Å². The van der Waals surface area contributed by atoms with E-state index >= 15 is 0 Å². The highest BCUT2D eigenvalue weighted by molar-refractivity contribution is 7.98. The molecule has 2 aromatic heterocycles. The third-order valence-corrected chi connectivity index (χ3v) is 6.90. The second kappa shape index (κ2) is 7.15. The number of aromatic nitrogens is 2. The predicted molar refractivity (Wildman–Crippen MR) is 115 cm³/mol. The van der Waals surface area contributed by atoms with E-state index in [1.54, 1.807) is 23.1 Å². The van der Waals surface area contributed by atoms with Crippen molar-refractivity contribution < 1.29 is 0 Å². The molecule has 1 aliphatic rings. The molecule has 0 saturated carbocycles. The molecular weight excluding hydrogens is 370 g/mol. The van der Waals surface area contributed by atoms with Crippen molar-refractivity contribution in [2.45, 2.75) is 23.9 Å². The molecule has 136 valence electrons. The number of aromatic amines is 1. The Kier molecular flexibility index (Phi) is 4.52. The molecule has 0 aliphatic carbocycles. The van der Waals surface area contributed by atoms with E-state index in [1.165, 1.54) is 37.6 Å². The molecule has 27 heavy (non-hydrogen) atoms. The molecule has 1 unspecified atom stereocenters. The minimum Gasteiger partial charge on any atom is -0.357 e. The van der Waals surface area contributed by atoms with Crippen LogP contribution in [0.1, 0.15) is 27.9 Å². The van der Waals surface area contributed by atoms with E-state index in [0.717, 1.165) is 19.5 Å². The van der Waals surface area contributed by atoms with Gasteiger partial charge in [-0.05, 0) is 42.0 Å². The van der Waals surface area contributed by atoms with Gasteiger partial charge in [0.1, 0.15) is 5.01 Å². The Balaban J connectivity index is 1.62. The fourth-order valence-electron chi connectivity index (χ4n) is 4.13. The van der Waals surface area contributed by atoms with Crippen molar-refractivity contribution in [1.82, 2.24) is 14.9 Å². The predicted octanol–water partition coefficient (Wildman–Crippen LogP) is 5.49. The smallest absolute Gasteiger partial charge is 0.107 e. The lowest BCUT2D eigenvalue weighted by Gasteiger charge is -2.35. The fourth-order valence-corrected chi connectivity index (χ4v) is 5.18. The van der Waals surface area contributed by atoms with Crippen molar-refractivity contribution in [3.05, 3.63) is 81.9 Å². The summed E-state index contributed by atoms with van der Waals surface area (Å²) in [6.07, 6.45) is 5.10. The van der Waals surface area contributed by atoms with Crippen LogP contribution in [0.4, 0.5) is 0 Å². The standard InChI is InChI=1S/C22H21N3S2/c1-26-16-8-6-15(7-9-16)22-21-18(17-4-2-3-5-19(17)24-21)10-12-25(22)14-20-23-11-13-27-20/h2-9,11,13,22,24H,10,12,14H2,1H3. The summed E-state index contributed by atoms with van der Waals surface area (Å²) in [5.74, 6) is 0. The lowest BCUT2D eigenvalue weighted by atomic mass is 9.92. The van der Waals surface area contributed by atoms with Gasteiger partial charge in [-0.1, -0.05) is 30.3 Å². The van der Waals surface area contributed by atoms with Crippen molar-refractivity contribution in [3.8, 4) is 0 Å². The Morgan fingerprint density at radius 1 is 1.19 bits per heavy atom. The van der Waals surface area contributed by atoms with Crippen LogP contribution in [0, 0.1) is 0 Å². The maximum Gasteiger partial charge on any atom is 0.107 e. The van der Waals surface area contributed by atoms with Gasteiger partial charge in [0.2, 0.25) is 0 Å². The number of nitrogens with zero attached hydrogens (tertiary/aromatic N) is 2. The summed E-state index contributed by atoms with van der Waals surface area (Å²) in [7, 11) is 0. The highest BCUT2D eigenvalue weighted by atomic mass is 32.2. The molecular formula is C22H21N3S2. The Labute approximate surface area is 167 Å². The molecule has 4 aromatic rings. The van der Waals surface area contributed by atoms with Crippen molar-refractivity contribution in [2.24, 2.45) is 0 Å². The summed E-state index contributed by atoms with van der Waals surface area (Å²) in [5.41, 5.74) is 5.40. The molecule has 3 nitrogen and oxygen atoms in total. The lowest BCUT2D eigenvalue weighted by molar-refractivity contribution is 0.201. The first-order chi connectivity index (χ1) is 13.3. The molecule has 1 aliphatic heterocycles. The number of para-hydroxylation sites is 1. The second-order valence-electron chi connectivity index (χ2n) is 6.88. The summed E-state index contributed by atoms with van der Waals surface area (Å²) >= 11 is 3.53. The van der Waals surface area contributed by atoms with Gasteiger partial charge in [0.15, 0.2) is 0 Å². The van der Waals surface area contributed by atoms with Gasteiger partial charge < -0.3 is 4.98 Å². The summed E-state index contributed by atoms with van der Waals surface area (Å²) in [4.78, 5) is 12.1. The van der Waals surface area contributed by atoms with Crippen molar-refractivity contribution in [2.75, 3.05) is 12.8 Å².